The van der Waals surface area contributed by atoms with Crippen LogP contribution in [-0.2, 0) is 6.54 Å². The average Bonchev–Trinajstić information content (AvgIpc) is 3.24. The van der Waals surface area contributed by atoms with E-state index in [1.807, 2.05) is 71.5 Å². The number of aromatic nitrogens is 3. The van der Waals surface area contributed by atoms with E-state index in [4.69, 9.17) is 9.84 Å². The maximum Gasteiger partial charge on any atom is 0.322 e. The molecule has 4 aromatic rings. The Kier molecular flexibility index (Phi) is 5.93. The van der Waals surface area contributed by atoms with Crippen molar-refractivity contribution in [3.8, 4) is 22.8 Å². The molecule has 4 rings (SSSR count). The van der Waals surface area contributed by atoms with Crippen molar-refractivity contribution in [1.29, 1.82) is 0 Å². The van der Waals surface area contributed by atoms with Gasteiger partial charge in [-0.15, -0.1) is 0 Å². The molecule has 2 amide bonds. The second-order valence-electron chi connectivity index (χ2n) is 7.00. The summed E-state index contributed by atoms with van der Waals surface area (Å²) in [4.78, 5) is 18.5. The van der Waals surface area contributed by atoms with Crippen molar-refractivity contribution in [2.45, 2.75) is 6.54 Å². The summed E-state index contributed by atoms with van der Waals surface area (Å²) in [5.41, 5.74) is 4.24. The first-order chi connectivity index (χ1) is 15.2. The number of methoxy groups -OCH3 is 1. The predicted octanol–water partition coefficient (Wildman–Crippen LogP) is 4.61. The van der Waals surface area contributed by atoms with Crippen molar-refractivity contribution in [3.05, 3.63) is 90.8 Å². The summed E-state index contributed by atoms with van der Waals surface area (Å²) < 4.78 is 7.06. The summed E-state index contributed by atoms with van der Waals surface area (Å²) >= 11 is 0. The molecule has 0 aliphatic carbocycles. The molecule has 0 aliphatic rings. The van der Waals surface area contributed by atoms with Gasteiger partial charge in [0.1, 0.15) is 5.69 Å². The van der Waals surface area contributed by atoms with E-state index in [1.54, 1.807) is 30.3 Å². The zero-order valence-electron chi connectivity index (χ0n) is 17.4. The lowest BCUT2D eigenvalue weighted by Gasteiger charge is -2.18. The molecule has 2 aromatic carbocycles. The van der Waals surface area contributed by atoms with Gasteiger partial charge in [-0.25, -0.2) is 14.5 Å². The van der Waals surface area contributed by atoms with Crippen LogP contribution in [0, 0.1) is 0 Å². The SMILES string of the molecule is COc1ncccc1NC(=O)N(C)Cc1cn(-c2ccccc2)nc1-c1ccccc1. The molecule has 0 saturated heterocycles. The normalized spacial score (nSPS) is 10.5. The monoisotopic (exact) mass is 413 g/mol. The summed E-state index contributed by atoms with van der Waals surface area (Å²) in [5, 5.41) is 7.65. The van der Waals surface area contributed by atoms with Gasteiger partial charge >= 0.3 is 6.03 Å². The minimum atomic E-state index is -0.266. The highest BCUT2D eigenvalue weighted by Crippen LogP contribution is 2.25. The number of nitrogens with one attached hydrogen (secondary N) is 1. The van der Waals surface area contributed by atoms with Gasteiger partial charge in [0.2, 0.25) is 5.88 Å². The van der Waals surface area contributed by atoms with E-state index in [0.717, 1.165) is 22.5 Å². The molecule has 0 spiro atoms. The number of amides is 2. The predicted molar refractivity (Wildman–Crippen MR) is 120 cm³/mol. The molecule has 156 valence electrons. The number of hydrogen-bond donors (Lipinski definition) is 1. The van der Waals surface area contributed by atoms with E-state index in [-0.39, 0.29) is 6.03 Å². The standard InChI is InChI=1S/C24H23N5O2/c1-28(24(30)26-21-14-9-15-25-23(21)31-2)16-19-17-29(20-12-7-4-8-13-20)27-22(19)18-10-5-3-6-11-18/h3-15,17H,16H2,1-2H3,(H,26,30). The third-order valence-corrected chi connectivity index (χ3v) is 4.82. The molecule has 0 saturated carbocycles. The molecule has 0 bridgehead atoms. The molecular weight excluding hydrogens is 390 g/mol. The minimum Gasteiger partial charge on any atom is -0.480 e. The lowest BCUT2D eigenvalue weighted by Crippen LogP contribution is -2.31. The third-order valence-electron chi connectivity index (χ3n) is 4.82. The first-order valence-corrected chi connectivity index (χ1v) is 9.86. The van der Waals surface area contributed by atoms with Crippen LogP contribution in [0.3, 0.4) is 0 Å². The Bertz CT molecular complexity index is 1160. The second kappa shape index (κ2) is 9.13. The van der Waals surface area contributed by atoms with Gasteiger partial charge < -0.3 is 15.0 Å². The number of para-hydroxylation sites is 1. The molecule has 0 radical (unpaired) electrons. The van der Waals surface area contributed by atoms with E-state index in [9.17, 15) is 4.79 Å². The van der Waals surface area contributed by atoms with Crippen molar-refractivity contribution in [1.82, 2.24) is 19.7 Å². The minimum absolute atomic E-state index is 0.266. The van der Waals surface area contributed by atoms with Crippen LogP contribution in [0.4, 0.5) is 10.5 Å². The van der Waals surface area contributed by atoms with Crippen LogP contribution in [-0.4, -0.2) is 39.9 Å². The second-order valence-corrected chi connectivity index (χ2v) is 7.00. The zero-order chi connectivity index (χ0) is 21.6. The first kappa shape index (κ1) is 20.2. The van der Waals surface area contributed by atoms with Gasteiger partial charge in [0.05, 0.1) is 25.0 Å². The Balaban J connectivity index is 1.60. The van der Waals surface area contributed by atoms with Crippen LogP contribution in [0.15, 0.2) is 85.2 Å². The highest BCUT2D eigenvalue weighted by atomic mass is 16.5. The number of nitrogens with zero attached hydrogens (tertiary/aromatic N) is 4. The summed E-state index contributed by atoms with van der Waals surface area (Å²) in [7, 11) is 3.26. The highest BCUT2D eigenvalue weighted by molar-refractivity contribution is 5.90. The fraction of sp³-hybridized carbons (Fsp3) is 0.125. The fourth-order valence-electron chi connectivity index (χ4n) is 3.26. The molecule has 7 nitrogen and oxygen atoms in total. The van der Waals surface area contributed by atoms with E-state index < -0.39 is 0 Å². The molecule has 1 N–H and O–H groups in total. The topological polar surface area (TPSA) is 72.3 Å². The van der Waals surface area contributed by atoms with Gasteiger partial charge in [-0.05, 0) is 24.3 Å². The molecule has 2 heterocycles. The number of carbonyl (C=O) groups is 1. The number of rotatable bonds is 6. The molecule has 2 aromatic heterocycles. The van der Waals surface area contributed by atoms with E-state index >= 15 is 0 Å². The van der Waals surface area contributed by atoms with Gasteiger partial charge in [-0.2, -0.15) is 5.10 Å². The van der Waals surface area contributed by atoms with Crippen LogP contribution in [0.25, 0.3) is 16.9 Å². The van der Waals surface area contributed by atoms with Crippen LogP contribution in [0.5, 0.6) is 5.88 Å². The van der Waals surface area contributed by atoms with Gasteiger partial charge in [0.25, 0.3) is 0 Å². The van der Waals surface area contributed by atoms with Crippen molar-refractivity contribution >= 4 is 11.7 Å². The van der Waals surface area contributed by atoms with Crippen molar-refractivity contribution in [2.24, 2.45) is 0 Å². The molecule has 0 fully saturated rings. The Morgan fingerprint density at radius 2 is 1.74 bits per heavy atom. The molecule has 0 aliphatic heterocycles. The van der Waals surface area contributed by atoms with Gasteiger partial charge in [0.15, 0.2) is 0 Å². The molecular formula is C24H23N5O2. The van der Waals surface area contributed by atoms with Crippen molar-refractivity contribution < 1.29 is 9.53 Å². The number of pyridine rings is 1. The first-order valence-electron chi connectivity index (χ1n) is 9.86. The van der Waals surface area contributed by atoms with E-state index in [1.165, 1.54) is 7.11 Å². The maximum atomic E-state index is 12.8. The van der Waals surface area contributed by atoms with Crippen LogP contribution in [0.1, 0.15) is 5.56 Å². The Labute approximate surface area is 180 Å². The van der Waals surface area contributed by atoms with Gasteiger partial charge in [-0.1, -0.05) is 48.5 Å². The number of urea groups is 1. The summed E-state index contributed by atoms with van der Waals surface area (Å²) in [5.74, 6) is 0.367. The molecule has 0 atom stereocenters. The van der Waals surface area contributed by atoms with Gasteiger partial charge in [-0.3, -0.25) is 0 Å². The van der Waals surface area contributed by atoms with Crippen LogP contribution < -0.4 is 10.1 Å². The Morgan fingerprint density at radius 1 is 1.03 bits per heavy atom. The van der Waals surface area contributed by atoms with E-state index in [2.05, 4.69) is 10.3 Å². The molecule has 7 heteroatoms. The fourth-order valence-corrected chi connectivity index (χ4v) is 3.26. The maximum absolute atomic E-state index is 12.8. The smallest absolute Gasteiger partial charge is 0.322 e. The van der Waals surface area contributed by atoms with Gasteiger partial charge in [0, 0.05) is 30.6 Å². The molecule has 0 unspecified atom stereocenters. The number of hydrogen-bond acceptors (Lipinski definition) is 4. The molecule has 31 heavy (non-hydrogen) atoms. The number of benzene rings is 2. The highest BCUT2D eigenvalue weighted by Gasteiger charge is 2.18. The summed E-state index contributed by atoms with van der Waals surface area (Å²) in [6, 6.07) is 23.1. The average molecular weight is 413 g/mol. The lowest BCUT2D eigenvalue weighted by atomic mass is 10.1. The van der Waals surface area contributed by atoms with Crippen LogP contribution >= 0.6 is 0 Å². The number of ether oxygens (including phenoxy) is 1. The van der Waals surface area contributed by atoms with Crippen molar-refractivity contribution in [3.63, 3.8) is 0 Å². The van der Waals surface area contributed by atoms with Crippen molar-refractivity contribution in [2.75, 3.05) is 19.5 Å². The quantitative estimate of drug-likeness (QED) is 0.501. The summed E-state index contributed by atoms with van der Waals surface area (Å²) in [6.07, 6.45) is 3.58. The van der Waals surface area contributed by atoms with E-state index in [0.29, 0.717) is 18.1 Å². The lowest BCUT2D eigenvalue weighted by molar-refractivity contribution is 0.220. The Hall–Kier alpha value is -4.13. The largest absolute Gasteiger partial charge is 0.480 e. The Morgan fingerprint density at radius 3 is 2.45 bits per heavy atom. The number of anilines is 1. The van der Waals surface area contributed by atoms with Crippen LogP contribution in [0.2, 0.25) is 0 Å². The zero-order valence-corrected chi connectivity index (χ0v) is 17.4. The number of carbonyl (C=O) groups excluding carboxylic acids is 1. The third kappa shape index (κ3) is 4.56. The summed E-state index contributed by atoms with van der Waals surface area (Å²) in [6.45, 7) is 0.380.